The van der Waals surface area contributed by atoms with Gasteiger partial charge in [0.05, 0.1) is 27.8 Å². The molecule has 2 aromatic heterocycles. The fourth-order valence-corrected chi connectivity index (χ4v) is 11.5. The Labute approximate surface area is 370 Å². The van der Waals surface area contributed by atoms with Crippen molar-refractivity contribution in [1.29, 1.82) is 0 Å². The van der Waals surface area contributed by atoms with Crippen molar-refractivity contribution in [2.45, 2.75) is 5.41 Å². The van der Waals surface area contributed by atoms with Gasteiger partial charge in [-0.05, 0) is 117 Å². The number of anilines is 3. The Bertz CT molecular complexity index is 3790. The van der Waals surface area contributed by atoms with Crippen LogP contribution in [0.15, 0.2) is 235 Å². The summed E-state index contributed by atoms with van der Waals surface area (Å²) >= 11 is 0. The molecule has 0 aliphatic heterocycles. The van der Waals surface area contributed by atoms with Gasteiger partial charge in [0.1, 0.15) is 11.2 Å². The minimum Gasteiger partial charge on any atom is -0.456 e. The average Bonchev–Trinajstić information content (AvgIpc) is 4.09. The molecule has 0 atom stereocenters. The molecule has 12 aromatic rings. The molecule has 2 heterocycles. The first-order valence-electron chi connectivity index (χ1n) is 22.1. The molecule has 0 saturated heterocycles. The minimum absolute atomic E-state index is 0.540. The third kappa shape index (κ3) is 4.70. The van der Waals surface area contributed by atoms with Crippen molar-refractivity contribution in [3.8, 4) is 39.1 Å². The van der Waals surface area contributed by atoms with Gasteiger partial charge in [0, 0.05) is 38.5 Å². The fraction of sp³-hybridized carbons (Fsp3) is 0.0164. The molecule has 64 heavy (non-hydrogen) atoms. The smallest absolute Gasteiger partial charge is 0.136 e. The van der Waals surface area contributed by atoms with Gasteiger partial charge >= 0.3 is 0 Å². The summed E-state index contributed by atoms with van der Waals surface area (Å²) in [6, 6.07) is 84.7. The number of furan rings is 1. The van der Waals surface area contributed by atoms with Crippen molar-refractivity contribution in [2.24, 2.45) is 0 Å². The van der Waals surface area contributed by atoms with E-state index in [4.69, 9.17) is 4.42 Å². The fourth-order valence-electron chi connectivity index (χ4n) is 11.5. The SMILES string of the molecule is c1ccc(-n2c3ccccc3c3c(N(c4ccc(-c5ccc6c(c5)oc5ccccc56)cc4)c4cccc5c4C4(c6ccccc6-c6ccccc64)c4ccccc4-5)cccc32)cc1. The molecule has 10 aromatic carbocycles. The highest BCUT2D eigenvalue weighted by atomic mass is 16.3. The summed E-state index contributed by atoms with van der Waals surface area (Å²) in [5, 5.41) is 4.68. The van der Waals surface area contributed by atoms with E-state index in [1.54, 1.807) is 0 Å². The molecular formula is C61H38N2O. The molecule has 0 radical (unpaired) electrons. The predicted molar refractivity (Wildman–Crippen MR) is 264 cm³/mol. The molecule has 298 valence electrons. The summed E-state index contributed by atoms with van der Waals surface area (Å²) in [6.07, 6.45) is 0. The van der Waals surface area contributed by atoms with Crippen LogP contribution in [-0.4, -0.2) is 4.57 Å². The van der Waals surface area contributed by atoms with Crippen molar-refractivity contribution in [2.75, 3.05) is 4.90 Å². The number of hydrogen-bond donors (Lipinski definition) is 0. The normalized spacial score (nSPS) is 13.1. The van der Waals surface area contributed by atoms with Crippen molar-refractivity contribution in [3.63, 3.8) is 0 Å². The van der Waals surface area contributed by atoms with E-state index in [-0.39, 0.29) is 0 Å². The maximum absolute atomic E-state index is 6.36. The quantitative estimate of drug-likeness (QED) is 0.173. The molecule has 1 spiro atoms. The Kier molecular flexibility index (Phi) is 7.32. The third-order valence-electron chi connectivity index (χ3n) is 14.0. The summed E-state index contributed by atoms with van der Waals surface area (Å²) in [7, 11) is 0. The second-order valence-corrected chi connectivity index (χ2v) is 17.1. The molecule has 3 heteroatoms. The lowest BCUT2D eigenvalue weighted by Gasteiger charge is -2.36. The molecule has 0 N–H and O–H groups in total. The number of fused-ring (bicyclic) bond motifs is 16. The van der Waals surface area contributed by atoms with E-state index in [0.29, 0.717) is 0 Å². The van der Waals surface area contributed by atoms with Crippen LogP contribution in [0.2, 0.25) is 0 Å². The second kappa shape index (κ2) is 13.3. The number of aromatic nitrogens is 1. The van der Waals surface area contributed by atoms with E-state index in [0.717, 1.165) is 61.3 Å². The first kappa shape index (κ1) is 35.2. The van der Waals surface area contributed by atoms with E-state index < -0.39 is 5.41 Å². The summed E-state index contributed by atoms with van der Waals surface area (Å²) in [6.45, 7) is 0. The molecule has 2 aliphatic carbocycles. The van der Waals surface area contributed by atoms with Crippen molar-refractivity contribution in [3.05, 3.63) is 253 Å². The average molecular weight is 815 g/mol. The molecule has 2 aliphatic rings. The highest BCUT2D eigenvalue weighted by molar-refractivity contribution is 6.17. The van der Waals surface area contributed by atoms with Gasteiger partial charge < -0.3 is 13.9 Å². The van der Waals surface area contributed by atoms with Crippen LogP contribution in [0.1, 0.15) is 22.3 Å². The Morgan fingerprint density at radius 2 is 0.922 bits per heavy atom. The molecule has 0 unspecified atom stereocenters. The predicted octanol–water partition coefficient (Wildman–Crippen LogP) is 16.2. The van der Waals surface area contributed by atoms with Crippen molar-refractivity contribution < 1.29 is 4.42 Å². The zero-order valence-electron chi connectivity index (χ0n) is 34.7. The summed E-state index contributed by atoms with van der Waals surface area (Å²) in [5.74, 6) is 0. The van der Waals surface area contributed by atoms with Gasteiger partial charge in [-0.15, -0.1) is 0 Å². The second-order valence-electron chi connectivity index (χ2n) is 17.1. The number of benzene rings is 10. The lowest BCUT2D eigenvalue weighted by Crippen LogP contribution is -2.28. The van der Waals surface area contributed by atoms with Gasteiger partial charge in [0.2, 0.25) is 0 Å². The van der Waals surface area contributed by atoms with Gasteiger partial charge in [-0.25, -0.2) is 0 Å². The Hall–Kier alpha value is -8.40. The Morgan fingerprint density at radius 3 is 1.67 bits per heavy atom. The highest BCUT2D eigenvalue weighted by Crippen LogP contribution is 2.65. The van der Waals surface area contributed by atoms with Crippen LogP contribution in [0.3, 0.4) is 0 Å². The van der Waals surface area contributed by atoms with E-state index in [1.165, 1.54) is 60.8 Å². The summed E-state index contributed by atoms with van der Waals surface area (Å²) in [5.41, 5.74) is 20.7. The monoisotopic (exact) mass is 814 g/mol. The van der Waals surface area contributed by atoms with Crippen LogP contribution in [0, 0.1) is 0 Å². The Balaban J connectivity index is 1.06. The molecule has 0 amide bonds. The molecule has 0 fully saturated rings. The van der Waals surface area contributed by atoms with Crippen LogP contribution >= 0.6 is 0 Å². The number of hydrogen-bond acceptors (Lipinski definition) is 2. The lowest BCUT2D eigenvalue weighted by molar-refractivity contribution is 0.669. The third-order valence-corrected chi connectivity index (χ3v) is 14.0. The highest BCUT2D eigenvalue weighted by Gasteiger charge is 2.53. The Morgan fingerprint density at radius 1 is 0.375 bits per heavy atom. The van der Waals surface area contributed by atoms with Crippen molar-refractivity contribution in [1.82, 2.24) is 4.57 Å². The van der Waals surface area contributed by atoms with Gasteiger partial charge in [-0.3, -0.25) is 0 Å². The molecule has 0 saturated carbocycles. The zero-order valence-corrected chi connectivity index (χ0v) is 34.7. The number of para-hydroxylation sites is 3. The maximum atomic E-state index is 6.36. The van der Waals surface area contributed by atoms with Gasteiger partial charge in [-0.1, -0.05) is 164 Å². The summed E-state index contributed by atoms with van der Waals surface area (Å²) in [4.78, 5) is 2.55. The van der Waals surface area contributed by atoms with Gasteiger partial charge in [0.25, 0.3) is 0 Å². The number of nitrogens with zero attached hydrogens (tertiary/aromatic N) is 2. The van der Waals surface area contributed by atoms with Crippen LogP contribution in [-0.2, 0) is 5.41 Å². The van der Waals surface area contributed by atoms with E-state index in [9.17, 15) is 0 Å². The summed E-state index contributed by atoms with van der Waals surface area (Å²) < 4.78 is 8.77. The standard InChI is InChI=1S/C61H38N2O/c1-2-16-41(17-3-1)62-53-27-12-7-22-49(53)59-54(62)28-15-29-55(59)63(42-35-32-39(33-36-42)40-34-37-47-46-21-8-13-31-57(46)64-58(47)38-40)56-30-14-23-48-45-20-6-11-26-52(45)61(60(48)56)50-24-9-4-18-43(50)44-19-5-10-25-51(44)61/h1-38H. The molecule has 14 rings (SSSR count). The van der Waals surface area contributed by atoms with E-state index >= 15 is 0 Å². The van der Waals surface area contributed by atoms with E-state index in [1.807, 2.05) is 12.1 Å². The molecule has 0 bridgehead atoms. The van der Waals surface area contributed by atoms with Crippen LogP contribution in [0.4, 0.5) is 17.1 Å². The van der Waals surface area contributed by atoms with Crippen molar-refractivity contribution >= 4 is 60.8 Å². The van der Waals surface area contributed by atoms with Crippen LogP contribution < -0.4 is 4.90 Å². The first-order valence-corrected chi connectivity index (χ1v) is 22.1. The first-order chi connectivity index (χ1) is 31.8. The van der Waals surface area contributed by atoms with Gasteiger partial charge in [0.15, 0.2) is 0 Å². The van der Waals surface area contributed by atoms with E-state index in [2.05, 4.69) is 228 Å². The number of rotatable bonds is 5. The van der Waals surface area contributed by atoms with Gasteiger partial charge in [-0.2, -0.15) is 0 Å². The topological polar surface area (TPSA) is 21.3 Å². The minimum atomic E-state index is -0.540. The lowest BCUT2D eigenvalue weighted by atomic mass is 9.70. The molecule has 3 nitrogen and oxygen atoms in total. The van der Waals surface area contributed by atoms with Crippen LogP contribution in [0.25, 0.3) is 82.8 Å². The maximum Gasteiger partial charge on any atom is 0.136 e. The van der Waals surface area contributed by atoms with Crippen LogP contribution in [0.5, 0.6) is 0 Å². The largest absolute Gasteiger partial charge is 0.456 e. The molecular weight excluding hydrogens is 777 g/mol. The zero-order chi connectivity index (χ0) is 41.9.